The highest BCUT2D eigenvalue weighted by Crippen LogP contribution is 1.99. The lowest BCUT2D eigenvalue weighted by Crippen LogP contribution is -2.53. The van der Waals surface area contributed by atoms with E-state index in [2.05, 4.69) is 10.1 Å². The summed E-state index contributed by atoms with van der Waals surface area (Å²) in [4.78, 5) is 21.5. The molecule has 0 aromatic heterocycles. The van der Waals surface area contributed by atoms with Crippen molar-refractivity contribution in [3.8, 4) is 0 Å². The molecule has 0 unspecified atom stereocenters. The van der Waals surface area contributed by atoms with Crippen LogP contribution < -0.4 is 11.1 Å². The molecular weight excluding hydrogens is 186 g/mol. The zero-order chi connectivity index (χ0) is 11.4. The van der Waals surface area contributed by atoms with Crippen LogP contribution in [0, 0.1) is 5.41 Å². The third kappa shape index (κ3) is 4.44. The number of rotatable bonds is 4. The van der Waals surface area contributed by atoms with E-state index in [0.29, 0.717) is 0 Å². The summed E-state index contributed by atoms with van der Waals surface area (Å²) >= 11 is 0. The predicted molar refractivity (Wildman–Crippen MR) is 50.8 cm³/mol. The molecule has 0 rings (SSSR count). The van der Waals surface area contributed by atoms with Gasteiger partial charge in [-0.05, 0) is 13.8 Å². The Morgan fingerprint density at radius 1 is 1.50 bits per heavy atom. The Kier molecular flexibility index (Phi) is 4.07. The minimum atomic E-state index is -0.919. The standard InChI is InChI=1S/C8H15N3O3/c1-5(12)14-4-6(13)11-8(2,3)7(9)10/h4H2,1-3H3,(H3,9,10)(H,11,13). The van der Waals surface area contributed by atoms with Crippen molar-refractivity contribution in [2.45, 2.75) is 26.3 Å². The Hall–Kier alpha value is -1.59. The molecule has 0 aliphatic carbocycles. The Bertz CT molecular complexity index is 261. The molecule has 0 heterocycles. The number of nitrogens with two attached hydrogens (primary N) is 1. The van der Waals surface area contributed by atoms with E-state index in [1.807, 2.05) is 0 Å². The maximum atomic E-state index is 11.1. The van der Waals surface area contributed by atoms with E-state index in [9.17, 15) is 9.59 Å². The minimum Gasteiger partial charge on any atom is -0.456 e. The summed E-state index contributed by atoms with van der Waals surface area (Å²) in [5.74, 6) is -1.17. The van der Waals surface area contributed by atoms with Crippen molar-refractivity contribution >= 4 is 17.7 Å². The molecule has 0 atom stereocenters. The van der Waals surface area contributed by atoms with Crippen molar-refractivity contribution in [2.75, 3.05) is 6.61 Å². The highest BCUT2D eigenvalue weighted by Gasteiger charge is 2.23. The Morgan fingerprint density at radius 2 is 2.00 bits per heavy atom. The number of hydrogen-bond donors (Lipinski definition) is 3. The molecule has 0 aromatic rings. The molecule has 0 saturated heterocycles. The van der Waals surface area contributed by atoms with E-state index in [0.717, 1.165) is 0 Å². The van der Waals surface area contributed by atoms with Gasteiger partial charge in [0.2, 0.25) is 0 Å². The van der Waals surface area contributed by atoms with Crippen molar-refractivity contribution in [2.24, 2.45) is 5.73 Å². The highest BCUT2D eigenvalue weighted by atomic mass is 16.5. The number of esters is 1. The van der Waals surface area contributed by atoms with Gasteiger partial charge in [-0.25, -0.2) is 0 Å². The molecule has 0 fully saturated rings. The van der Waals surface area contributed by atoms with Gasteiger partial charge in [0.15, 0.2) is 6.61 Å². The first-order valence-electron chi connectivity index (χ1n) is 4.04. The summed E-state index contributed by atoms with van der Waals surface area (Å²) in [5, 5.41) is 9.61. The van der Waals surface area contributed by atoms with Crippen molar-refractivity contribution in [1.82, 2.24) is 5.32 Å². The van der Waals surface area contributed by atoms with Crippen LogP contribution >= 0.6 is 0 Å². The summed E-state index contributed by atoms with van der Waals surface area (Å²) in [5.41, 5.74) is 4.32. The third-order valence-corrected chi connectivity index (χ3v) is 1.53. The fourth-order valence-electron chi connectivity index (χ4n) is 0.619. The quantitative estimate of drug-likeness (QED) is 0.320. The van der Waals surface area contributed by atoms with E-state index in [-0.39, 0.29) is 12.4 Å². The third-order valence-electron chi connectivity index (χ3n) is 1.53. The SMILES string of the molecule is CC(=O)OCC(=O)NC(C)(C)C(=N)N. The Labute approximate surface area is 82.3 Å². The lowest BCUT2D eigenvalue weighted by atomic mass is 10.0. The molecule has 0 spiro atoms. The van der Waals surface area contributed by atoms with Gasteiger partial charge in [0.25, 0.3) is 5.91 Å². The summed E-state index contributed by atoms with van der Waals surface area (Å²) in [6, 6.07) is 0. The van der Waals surface area contributed by atoms with Crippen LogP contribution in [0.4, 0.5) is 0 Å². The molecule has 0 aromatic carbocycles. The van der Waals surface area contributed by atoms with Gasteiger partial charge >= 0.3 is 5.97 Å². The first-order chi connectivity index (χ1) is 6.25. The summed E-state index contributed by atoms with van der Waals surface area (Å²) in [7, 11) is 0. The second-order valence-electron chi connectivity index (χ2n) is 3.37. The normalized spacial score (nSPS) is 10.5. The van der Waals surface area contributed by atoms with Gasteiger partial charge < -0.3 is 15.8 Å². The van der Waals surface area contributed by atoms with Gasteiger partial charge in [-0.15, -0.1) is 0 Å². The molecule has 4 N–H and O–H groups in total. The molecule has 1 amide bonds. The van der Waals surface area contributed by atoms with Crippen LogP contribution in [0.1, 0.15) is 20.8 Å². The summed E-state index contributed by atoms with van der Waals surface area (Å²) in [6.07, 6.45) is 0. The van der Waals surface area contributed by atoms with Crippen molar-refractivity contribution in [3.63, 3.8) is 0 Å². The predicted octanol–water partition coefficient (Wildman–Crippen LogP) is -0.620. The van der Waals surface area contributed by atoms with Crippen LogP contribution in [0.2, 0.25) is 0 Å². The number of ether oxygens (including phenoxy) is 1. The largest absolute Gasteiger partial charge is 0.456 e. The molecule has 80 valence electrons. The van der Waals surface area contributed by atoms with Crippen molar-refractivity contribution in [3.05, 3.63) is 0 Å². The van der Waals surface area contributed by atoms with Gasteiger partial charge in [-0.1, -0.05) is 0 Å². The topological polar surface area (TPSA) is 105 Å². The van der Waals surface area contributed by atoms with E-state index in [4.69, 9.17) is 11.1 Å². The van der Waals surface area contributed by atoms with Crippen LogP contribution in [0.25, 0.3) is 0 Å². The van der Waals surface area contributed by atoms with Crippen LogP contribution in [-0.2, 0) is 14.3 Å². The maximum Gasteiger partial charge on any atom is 0.303 e. The average molecular weight is 201 g/mol. The fraction of sp³-hybridized carbons (Fsp3) is 0.625. The van der Waals surface area contributed by atoms with Crippen LogP contribution in [0.15, 0.2) is 0 Å². The molecule has 0 bridgehead atoms. The molecule has 0 aliphatic rings. The first-order valence-corrected chi connectivity index (χ1v) is 4.04. The monoisotopic (exact) mass is 201 g/mol. The highest BCUT2D eigenvalue weighted by molar-refractivity contribution is 5.92. The van der Waals surface area contributed by atoms with Crippen LogP contribution in [0.3, 0.4) is 0 Å². The number of carbonyl (C=O) groups is 2. The molecule has 0 radical (unpaired) electrons. The van der Waals surface area contributed by atoms with Crippen LogP contribution in [0.5, 0.6) is 0 Å². The molecular formula is C8H15N3O3. The van der Waals surface area contributed by atoms with Gasteiger partial charge in [-0.2, -0.15) is 0 Å². The maximum absolute atomic E-state index is 11.1. The van der Waals surface area contributed by atoms with E-state index < -0.39 is 17.4 Å². The zero-order valence-corrected chi connectivity index (χ0v) is 8.51. The number of amidine groups is 1. The first kappa shape index (κ1) is 12.4. The second-order valence-corrected chi connectivity index (χ2v) is 3.37. The van der Waals surface area contributed by atoms with Gasteiger partial charge in [0.1, 0.15) is 5.84 Å². The van der Waals surface area contributed by atoms with Gasteiger partial charge in [0.05, 0.1) is 5.54 Å². The summed E-state index contributed by atoms with van der Waals surface area (Å²) in [6.45, 7) is 4.03. The van der Waals surface area contributed by atoms with E-state index >= 15 is 0 Å². The van der Waals surface area contributed by atoms with E-state index in [1.165, 1.54) is 6.92 Å². The zero-order valence-electron chi connectivity index (χ0n) is 8.51. The van der Waals surface area contributed by atoms with Crippen molar-refractivity contribution < 1.29 is 14.3 Å². The molecule has 0 aliphatic heterocycles. The lowest BCUT2D eigenvalue weighted by molar-refractivity contribution is -0.146. The second kappa shape index (κ2) is 4.59. The summed E-state index contributed by atoms with van der Waals surface area (Å²) < 4.78 is 4.47. The fourth-order valence-corrected chi connectivity index (χ4v) is 0.619. The molecule has 6 heteroatoms. The van der Waals surface area contributed by atoms with Crippen molar-refractivity contribution in [1.29, 1.82) is 5.41 Å². The Balaban J connectivity index is 4.06. The number of hydrogen-bond acceptors (Lipinski definition) is 4. The molecule has 6 nitrogen and oxygen atoms in total. The lowest BCUT2D eigenvalue weighted by Gasteiger charge is -2.24. The molecule has 14 heavy (non-hydrogen) atoms. The smallest absolute Gasteiger partial charge is 0.303 e. The van der Waals surface area contributed by atoms with Gasteiger partial charge in [0, 0.05) is 6.92 Å². The number of carbonyl (C=O) groups excluding carboxylic acids is 2. The Morgan fingerprint density at radius 3 is 2.36 bits per heavy atom. The average Bonchev–Trinajstić information content (AvgIpc) is 1.99. The molecule has 0 saturated carbocycles. The number of amides is 1. The number of nitrogens with one attached hydrogen (secondary N) is 2. The minimum absolute atomic E-state index is 0.159. The van der Waals surface area contributed by atoms with E-state index in [1.54, 1.807) is 13.8 Å². The van der Waals surface area contributed by atoms with Crippen LogP contribution in [-0.4, -0.2) is 29.9 Å². The van der Waals surface area contributed by atoms with Gasteiger partial charge in [-0.3, -0.25) is 15.0 Å².